The molecule has 0 radical (unpaired) electrons. The second-order valence-electron chi connectivity index (χ2n) is 9.58. The minimum absolute atomic E-state index is 1.01. The van der Waals surface area contributed by atoms with Crippen molar-refractivity contribution in [3.05, 3.63) is 158 Å². The number of para-hydroxylation sites is 3. The fraction of sp³-hybridized carbons (Fsp3) is 0. The predicted octanol–water partition coefficient (Wildman–Crippen LogP) is 9.69. The van der Waals surface area contributed by atoms with Crippen LogP contribution in [-0.4, -0.2) is 4.57 Å². The molecule has 0 unspecified atom stereocenters. The molecule has 5 aromatic carbocycles. The van der Waals surface area contributed by atoms with Crippen LogP contribution in [-0.2, 0) is 0 Å². The number of hydrogen-bond donors (Lipinski definition) is 0. The van der Waals surface area contributed by atoms with Gasteiger partial charge in [-0.25, -0.2) is 0 Å². The first-order valence-corrected chi connectivity index (χ1v) is 12.9. The van der Waals surface area contributed by atoms with Crippen LogP contribution in [0, 0.1) is 0 Å². The molecule has 2 heterocycles. The molecule has 2 nitrogen and oxygen atoms in total. The fourth-order valence-electron chi connectivity index (χ4n) is 5.48. The third-order valence-electron chi connectivity index (χ3n) is 7.34. The maximum absolute atomic E-state index is 4.25. The summed E-state index contributed by atoms with van der Waals surface area (Å²) in [5.74, 6) is 0. The number of allylic oxidation sites excluding steroid dienone is 4. The maximum atomic E-state index is 4.25. The van der Waals surface area contributed by atoms with Crippen molar-refractivity contribution < 1.29 is 0 Å². The molecule has 1 aliphatic rings. The lowest BCUT2D eigenvalue weighted by Crippen LogP contribution is -2.11. The van der Waals surface area contributed by atoms with E-state index in [0.717, 1.165) is 22.5 Å². The molecule has 0 fully saturated rings. The Morgan fingerprint density at radius 1 is 0.500 bits per heavy atom. The molecule has 180 valence electrons. The van der Waals surface area contributed by atoms with Crippen LogP contribution < -0.4 is 4.90 Å². The normalized spacial score (nSPS) is 14.7. The van der Waals surface area contributed by atoms with Gasteiger partial charge in [0, 0.05) is 33.9 Å². The third-order valence-corrected chi connectivity index (χ3v) is 7.34. The third kappa shape index (κ3) is 3.66. The molecule has 0 amide bonds. The Bertz CT molecular complexity index is 1810. The largest absolute Gasteiger partial charge is 0.317 e. The van der Waals surface area contributed by atoms with E-state index in [-0.39, 0.29) is 0 Å². The average Bonchev–Trinajstić information content (AvgIpc) is 3.31. The highest BCUT2D eigenvalue weighted by Gasteiger charge is 2.14. The van der Waals surface area contributed by atoms with E-state index in [4.69, 9.17) is 0 Å². The number of benzene rings is 5. The standard InChI is InChI=1S/C36H26N2/c1-26-10-8-9-25-37(34-14-5-2-11-31(26)34)29-21-17-27(18-22-29)28-19-23-30(24-20-28)38-35-15-6-3-12-32(35)33-13-4-7-16-36(33)38/h2-25H,1H2/b10-8-,25-9-. The summed E-state index contributed by atoms with van der Waals surface area (Å²) in [5.41, 5.74) is 10.4. The number of rotatable bonds is 3. The topological polar surface area (TPSA) is 8.17 Å². The van der Waals surface area contributed by atoms with Gasteiger partial charge in [-0.3, -0.25) is 0 Å². The van der Waals surface area contributed by atoms with Crippen molar-refractivity contribution in [3.8, 4) is 16.8 Å². The molecule has 38 heavy (non-hydrogen) atoms. The van der Waals surface area contributed by atoms with Crippen LogP contribution in [0.15, 0.2) is 152 Å². The minimum Gasteiger partial charge on any atom is -0.317 e. The quantitative estimate of drug-likeness (QED) is 0.242. The summed E-state index contributed by atoms with van der Waals surface area (Å²) in [6, 6.07) is 43.3. The zero-order valence-electron chi connectivity index (χ0n) is 21.0. The van der Waals surface area contributed by atoms with E-state index in [0.29, 0.717) is 0 Å². The van der Waals surface area contributed by atoms with Crippen molar-refractivity contribution in [2.24, 2.45) is 0 Å². The lowest BCUT2D eigenvalue weighted by Gasteiger charge is -2.25. The average molecular weight is 487 g/mol. The maximum Gasteiger partial charge on any atom is 0.0541 e. The summed E-state index contributed by atoms with van der Waals surface area (Å²) in [5, 5.41) is 2.56. The van der Waals surface area contributed by atoms with Crippen LogP contribution in [0.1, 0.15) is 5.56 Å². The van der Waals surface area contributed by atoms with Crippen molar-refractivity contribution in [3.63, 3.8) is 0 Å². The van der Waals surface area contributed by atoms with Gasteiger partial charge in [-0.05, 0) is 65.2 Å². The summed E-state index contributed by atoms with van der Waals surface area (Å²) < 4.78 is 2.35. The lowest BCUT2D eigenvalue weighted by atomic mass is 10.0. The van der Waals surface area contributed by atoms with Crippen molar-refractivity contribution >= 4 is 38.8 Å². The first kappa shape index (κ1) is 22.1. The molecule has 7 rings (SSSR count). The molecular formula is C36H26N2. The van der Waals surface area contributed by atoms with E-state index in [1.54, 1.807) is 0 Å². The number of hydrogen-bond acceptors (Lipinski definition) is 1. The van der Waals surface area contributed by atoms with E-state index >= 15 is 0 Å². The van der Waals surface area contributed by atoms with Crippen LogP contribution >= 0.6 is 0 Å². The first-order valence-electron chi connectivity index (χ1n) is 12.9. The lowest BCUT2D eigenvalue weighted by molar-refractivity contribution is 1.18. The Hall–Kier alpha value is -5.08. The molecule has 0 N–H and O–H groups in total. The molecule has 0 atom stereocenters. The van der Waals surface area contributed by atoms with Gasteiger partial charge in [-0.2, -0.15) is 0 Å². The van der Waals surface area contributed by atoms with Crippen LogP contribution in [0.4, 0.5) is 11.4 Å². The Labute approximate surface area is 222 Å². The van der Waals surface area contributed by atoms with E-state index in [9.17, 15) is 0 Å². The van der Waals surface area contributed by atoms with Crippen molar-refractivity contribution in [1.29, 1.82) is 0 Å². The van der Waals surface area contributed by atoms with E-state index in [1.807, 2.05) is 6.08 Å². The van der Waals surface area contributed by atoms with E-state index in [2.05, 4.69) is 156 Å². The fourth-order valence-corrected chi connectivity index (χ4v) is 5.48. The zero-order chi connectivity index (χ0) is 25.5. The summed E-state index contributed by atoms with van der Waals surface area (Å²) in [6.07, 6.45) is 8.26. The van der Waals surface area contributed by atoms with Gasteiger partial charge in [-0.1, -0.05) is 97.6 Å². The molecule has 1 aromatic heterocycles. The Morgan fingerprint density at radius 3 is 1.71 bits per heavy atom. The summed E-state index contributed by atoms with van der Waals surface area (Å²) >= 11 is 0. The molecule has 1 aliphatic heterocycles. The first-order chi connectivity index (χ1) is 18.8. The summed E-state index contributed by atoms with van der Waals surface area (Å²) in [7, 11) is 0. The van der Waals surface area contributed by atoms with Gasteiger partial charge in [0.2, 0.25) is 0 Å². The monoisotopic (exact) mass is 486 g/mol. The number of fused-ring (bicyclic) bond motifs is 4. The van der Waals surface area contributed by atoms with Gasteiger partial charge in [0.25, 0.3) is 0 Å². The second-order valence-corrected chi connectivity index (χ2v) is 9.58. The summed E-state index contributed by atoms with van der Waals surface area (Å²) in [4.78, 5) is 2.22. The molecule has 2 heteroatoms. The Kier molecular flexibility index (Phi) is 5.30. The molecule has 0 aliphatic carbocycles. The van der Waals surface area contributed by atoms with Crippen molar-refractivity contribution in [2.75, 3.05) is 4.90 Å². The van der Waals surface area contributed by atoms with Gasteiger partial charge in [0.15, 0.2) is 0 Å². The highest BCUT2D eigenvalue weighted by atomic mass is 15.1. The highest BCUT2D eigenvalue weighted by molar-refractivity contribution is 6.09. The molecule has 6 aromatic rings. The molecule has 0 saturated heterocycles. The van der Waals surface area contributed by atoms with E-state index < -0.39 is 0 Å². The number of aromatic nitrogens is 1. The van der Waals surface area contributed by atoms with Gasteiger partial charge < -0.3 is 9.47 Å². The SMILES string of the molecule is C=C1/C=C\C=C/N(c2ccc(-c3ccc(-n4c5ccccc5c5ccccc54)cc3)cc2)c2ccccc21. The molecule has 0 saturated carbocycles. The smallest absolute Gasteiger partial charge is 0.0541 e. The van der Waals surface area contributed by atoms with Gasteiger partial charge in [0.05, 0.1) is 16.7 Å². The summed E-state index contributed by atoms with van der Waals surface area (Å²) in [6.45, 7) is 4.25. The van der Waals surface area contributed by atoms with Crippen molar-refractivity contribution in [1.82, 2.24) is 4.57 Å². The van der Waals surface area contributed by atoms with Crippen LogP contribution in [0.5, 0.6) is 0 Å². The number of anilines is 2. The second kappa shape index (κ2) is 9.10. The Balaban J connectivity index is 1.23. The molecular weight excluding hydrogens is 460 g/mol. The van der Waals surface area contributed by atoms with Crippen LogP contribution in [0.25, 0.3) is 44.2 Å². The highest BCUT2D eigenvalue weighted by Crippen LogP contribution is 2.36. The van der Waals surface area contributed by atoms with Crippen LogP contribution in [0.3, 0.4) is 0 Å². The number of nitrogens with zero attached hydrogens (tertiary/aromatic N) is 2. The zero-order valence-corrected chi connectivity index (χ0v) is 21.0. The molecule has 0 spiro atoms. The van der Waals surface area contributed by atoms with Gasteiger partial charge in [-0.15, -0.1) is 0 Å². The molecule has 0 bridgehead atoms. The Morgan fingerprint density at radius 2 is 1.05 bits per heavy atom. The van der Waals surface area contributed by atoms with E-state index in [1.165, 1.54) is 38.6 Å². The van der Waals surface area contributed by atoms with Crippen LogP contribution in [0.2, 0.25) is 0 Å². The minimum atomic E-state index is 1.01. The van der Waals surface area contributed by atoms with Crippen molar-refractivity contribution in [2.45, 2.75) is 0 Å². The van der Waals surface area contributed by atoms with Gasteiger partial charge >= 0.3 is 0 Å². The predicted molar refractivity (Wildman–Crippen MR) is 162 cm³/mol. The van der Waals surface area contributed by atoms with Gasteiger partial charge in [0.1, 0.15) is 0 Å².